The zero-order valence-electron chi connectivity index (χ0n) is 6.34. The second kappa shape index (κ2) is 4.29. The van der Waals surface area contributed by atoms with Gasteiger partial charge in [-0.3, -0.25) is 0 Å². The largest absolute Gasteiger partial charge is 0.303 e. The van der Waals surface area contributed by atoms with Crippen molar-refractivity contribution in [2.24, 2.45) is 0 Å². The molecule has 0 amide bonds. The maximum absolute atomic E-state index is 8.27. The fourth-order valence-corrected chi connectivity index (χ4v) is 1.39. The number of hydrogen-bond donors (Lipinski definition) is 0. The van der Waals surface area contributed by atoms with Gasteiger partial charge in [0.1, 0.15) is 0 Å². The molecule has 1 saturated heterocycles. The van der Waals surface area contributed by atoms with E-state index in [1.54, 1.807) is 0 Å². The number of likely N-dealkylation sites (tertiary alicyclic amines) is 1. The van der Waals surface area contributed by atoms with Gasteiger partial charge in [-0.1, -0.05) is 0 Å². The van der Waals surface area contributed by atoms with Crippen molar-refractivity contribution in [3.8, 4) is 6.07 Å². The van der Waals surface area contributed by atoms with E-state index in [0.717, 1.165) is 19.4 Å². The van der Waals surface area contributed by atoms with Gasteiger partial charge in [0.15, 0.2) is 0 Å². The molecule has 56 valence electrons. The topological polar surface area (TPSA) is 27.0 Å². The van der Waals surface area contributed by atoms with Crippen molar-refractivity contribution in [3.63, 3.8) is 0 Å². The van der Waals surface area contributed by atoms with Crippen LogP contribution < -0.4 is 0 Å². The molecule has 0 N–H and O–H groups in total. The number of hydrogen-bond acceptors (Lipinski definition) is 2. The van der Waals surface area contributed by atoms with E-state index in [1.165, 1.54) is 25.9 Å². The first-order valence-corrected chi connectivity index (χ1v) is 4.03. The minimum atomic E-state index is 0.719. The summed E-state index contributed by atoms with van der Waals surface area (Å²) in [7, 11) is 0. The van der Waals surface area contributed by atoms with E-state index in [0.29, 0.717) is 0 Å². The minimum Gasteiger partial charge on any atom is -0.303 e. The molecule has 0 bridgehead atoms. The molecular weight excluding hydrogens is 124 g/mol. The first-order valence-electron chi connectivity index (χ1n) is 4.03. The summed E-state index contributed by atoms with van der Waals surface area (Å²) in [6.07, 6.45) is 4.48. The lowest BCUT2D eigenvalue weighted by Gasteiger charge is -2.11. The summed E-state index contributed by atoms with van der Waals surface area (Å²) in [5, 5.41) is 8.27. The molecule has 1 rings (SSSR count). The standard InChI is InChI=1S/C8H14N2/c9-5-1-2-6-10-7-3-4-8-10/h1-4,6-8H2. The average molecular weight is 138 g/mol. The van der Waals surface area contributed by atoms with Gasteiger partial charge in [-0.25, -0.2) is 0 Å². The SMILES string of the molecule is N#CCCCN1CCCC1. The van der Waals surface area contributed by atoms with Crippen LogP contribution in [0.3, 0.4) is 0 Å². The Bertz CT molecular complexity index is 120. The third kappa shape index (κ3) is 2.36. The highest BCUT2D eigenvalue weighted by atomic mass is 15.1. The summed E-state index contributed by atoms with van der Waals surface area (Å²) in [6, 6.07) is 2.16. The van der Waals surface area contributed by atoms with E-state index in [4.69, 9.17) is 5.26 Å². The Labute approximate surface area is 62.4 Å². The van der Waals surface area contributed by atoms with Crippen LogP contribution in [0, 0.1) is 11.3 Å². The van der Waals surface area contributed by atoms with Crippen LogP contribution in [0.4, 0.5) is 0 Å². The summed E-state index contributed by atoms with van der Waals surface area (Å²) in [5.41, 5.74) is 0. The van der Waals surface area contributed by atoms with E-state index in [9.17, 15) is 0 Å². The molecule has 0 spiro atoms. The fourth-order valence-electron chi connectivity index (χ4n) is 1.39. The first kappa shape index (κ1) is 7.56. The Morgan fingerprint density at radius 3 is 2.60 bits per heavy atom. The second-order valence-corrected chi connectivity index (χ2v) is 2.81. The molecule has 0 saturated carbocycles. The molecule has 1 heterocycles. The smallest absolute Gasteiger partial charge is 0.0622 e. The molecule has 0 aromatic rings. The van der Waals surface area contributed by atoms with Crippen LogP contribution in [0.15, 0.2) is 0 Å². The maximum atomic E-state index is 8.27. The molecule has 0 aromatic heterocycles. The second-order valence-electron chi connectivity index (χ2n) is 2.81. The van der Waals surface area contributed by atoms with Gasteiger partial charge in [-0.2, -0.15) is 5.26 Å². The van der Waals surface area contributed by atoms with Gasteiger partial charge in [0.05, 0.1) is 6.07 Å². The number of nitrogens with zero attached hydrogens (tertiary/aromatic N) is 2. The lowest BCUT2D eigenvalue weighted by Crippen LogP contribution is -2.19. The third-order valence-electron chi connectivity index (χ3n) is 1.96. The predicted octanol–water partition coefficient (Wildman–Crippen LogP) is 1.39. The van der Waals surface area contributed by atoms with Crippen LogP contribution in [-0.4, -0.2) is 24.5 Å². The molecule has 1 fully saturated rings. The summed E-state index contributed by atoms with van der Waals surface area (Å²) in [5.74, 6) is 0. The molecular formula is C8H14N2. The van der Waals surface area contributed by atoms with Crippen molar-refractivity contribution >= 4 is 0 Å². The molecule has 2 nitrogen and oxygen atoms in total. The lowest BCUT2D eigenvalue weighted by atomic mass is 10.3. The molecule has 2 heteroatoms. The van der Waals surface area contributed by atoms with Crippen LogP contribution in [0.5, 0.6) is 0 Å². The lowest BCUT2D eigenvalue weighted by molar-refractivity contribution is 0.335. The van der Waals surface area contributed by atoms with Crippen LogP contribution in [0.2, 0.25) is 0 Å². The monoisotopic (exact) mass is 138 g/mol. The molecule has 0 radical (unpaired) electrons. The van der Waals surface area contributed by atoms with Crippen molar-refractivity contribution in [1.82, 2.24) is 4.90 Å². The summed E-state index contributed by atoms with van der Waals surface area (Å²) in [4.78, 5) is 2.44. The molecule has 0 atom stereocenters. The molecule has 0 aliphatic carbocycles. The Hall–Kier alpha value is -0.550. The molecule has 0 aromatic carbocycles. The number of nitriles is 1. The van der Waals surface area contributed by atoms with Crippen LogP contribution in [-0.2, 0) is 0 Å². The fraction of sp³-hybridized carbons (Fsp3) is 0.875. The molecule has 0 unspecified atom stereocenters. The van der Waals surface area contributed by atoms with Gasteiger partial charge in [-0.05, 0) is 38.9 Å². The van der Waals surface area contributed by atoms with Crippen molar-refractivity contribution in [1.29, 1.82) is 5.26 Å². The zero-order valence-corrected chi connectivity index (χ0v) is 6.34. The van der Waals surface area contributed by atoms with Gasteiger partial charge >= 0.3 is 0 Å². The highest BCUT2D eigenvalue weighted by Crippen LogP contribution is 2.07. The van der Waals surface area contributed by atoms with E-state index in [-0.39, 0.29) is 0 Å². The zero-order chi connectivity index (χ0) is 7.23. The maximum Gasteiger partial charge on any atom is 0.0622 e. The van der Waals surface area contributed by atoms with Crippen LogP contribution >= 0.6 is 0 Å². The van der Waals surface area contributed by atoms with Gasteiger partial charge in [0.2, 0.25) is 0 Å². The normalized spacial score (nSPS) is 19.1. The Morgan fingerprint density at radius 1 is 1.30 bits per heavy atom. The predicted molar refractivity (Wildman–Crippen MR) is 40.5 cm³/mol. The van der Waals surface area contributed by atoms with Crippen molar-refractivity contribution in [3.05, 3.63) is 0 Å². The van der Waals surface area contributed by atoms with Crippen molar-refractivity contribution in [2.45, 2.75) is 25.7 Å². The Kier molecular flexibility index (Phi) is 3.25. The van der Waals surface area contributed by atoms with E-state index >= 15 is 0 Å². The third-order valence-corrected chi connectivity index (χ3v) is 1.96. The van der Waals surface area contributed by atoms with E-state index < -0.39 is 0 Å². The molecule has 1 aliphatic rings. The van der Waals surface area contributed by atoms with Gasteiger partial charge in [0.25, 0.3) is 0 Å². The van der Waals surface area contributed by atoms with Crippen LogP contribution in [0.1, 0.15) is 25.7 Å². The van der Waals surface area contributed by atoms with Crippen LogP contribution in [0.25, 0.3) is 0 Å². The summed E-state index contributed by atoms with van der Waals surface area (Å²) < 4.78 is 0. The Morgan fingerprint density at radius 2 is 2.00 bits per heavy atom. The van der Waals surface area contributed by atoms with Crippen molar-refractivity contribution in [2.75, 3.05) is 19.6 Å². The molecule has 1 aliphatic heterocycles. The van der Waals surface area contributed by atoms with Gasteiger partial charge in [0, 0.05) is 6.42 Å². The summed E-state index contributed by atoms with van der Waals surface area (Å²) in [6.45, 7) is 3.64. The quantitative estimate of drug-likeness (QED) is 0.551. The van der Waals surface area contributed by atoms with Crippen molar-refractivity contribution < 1.29 is 0 Å². The van der Waals surface area contributed by atoms with Gasteiger partial charge < -0.3 is 4.90 Å². The number of unbranched alkanes of at least 4 members (excludes halogenated alkanes) is 1. The highest BCUT2D eigenvalue weighted by Gasteiger charge is 2.09. The first-order chi connectivity index (χ1) is 4.93. The summed E-state index contributed by atoms with van der Waals surface area (Å²) >= 11 is 0. The van der Waals surface area contributed by atoms with E-state index in [2.05, 4.69) is 11.0 Å². The minimum absolute atomic E-state index is 0.719. The molecule has 10 heavy (non-hydrogen) atoms. The Balaban J connectivity index is 1.97. The van der Waals surface area contributed by atoms with E-state index in [1.807, 2.05) is 0 Å². The van der Waals surface area contributed by atoms with Gasteiger partial charge in [-0.15, -0.1) is 0 Å². The number of rotatable bonds is 3. The average Bonchev–Trinajstić information content (AvgIpc) is 2.41. The highest BCUT2D eigenvalue weighted by molar-refractivity contribution is 4.72.